The summed E-state index contributed by atoms with van der Waals surface area (Å²) in [6.07, 6.45) is 2.80. The second-order valence-corrected chi connectivity index (χ2v) is 7.49. The Morgan fingerprint density at radius 1 is 1.23 bits per heavy atom. The van der Waals surface area contributed by atoms with Gasteiger partial charge in [-0.15, -0.1) is 0 Å². The van der Waals surface area contributed by atoms with Gasteiger partial charge >= 0.3 is 0 Å². The lowest BCUT2D eigenvalue weighted by Crippen LogP contribution is -2.31. The van der Waals surface area contributed by atoms with Crippen molar-refractivity contribution in [2.75, 3.05) is 46.3 Å². The number of imide groups is 1. The molecule has 0 radical (unpaired) electrons. The first kappa shape index (κ1) is 18.6. The van der Waals surface area contributed by atoms with E-state index in [1.54, 1.807) is 20.3 Å². The second kappa shape index (κ2) is 7.59. The van der Waals surface area contributed by atoms with Crippen LogP contribution in [0.3, 0.4) is 0 Å². The van der Waals surface area contributed by atoms with Gasteiger partial charge in [-0.05, 0) is 44.4 Å². The number of nitrogens with zero attached hydrogens (tertiary/aromatic N) is 2. The van der Waals surface area contributed by atoms with Crippen molar-refractivity contribution in [3.05, 3.63) is 22.6 Å². The fraction of sp³-hybridized carbons (Fsp3) is 0.444. The topological polar surface area (TPSA) is 71.1 Å². The van der Waals surface area contributed by atoms with Crippen molar-refractivity contribution in [2.45, 2.75) is 12.5 Å². The molecule has 0 bridgehead atoms. The zero-order valence-corrected chi connectivity index (χ0v) is 16.2. The number of hydrogen-bond acceptors (Lipinski definition) is 7. The highest BCUT2D eigenvalue weighted by atomic mass is 32.2. The number of anilines is 1. The van der Waals surface area contributed by atoms with Crippen LogP contribution in [0.5, 0.6) is 11.5 Å². The van der Waals surface area contributed by atoms with Crippen LogP contribution in [-0.4, -0.2) is 63.5 Å². The van der Waals surface area contributed by atoms with E-state index in [0.29, 0.717) is 22.4 Å². The summed E-state index contributed by atoms with van der Waals surface area (Å²) in [5.41, 5.74) is 1.79. The van der Waals surface area contributed by atoms with E-state index < -0.39 is 0 Å². The van der Waals surface area contributed by atoms with E-state index in [4.69, 9.17) is 9.47 Å². The fourth-order valence-corrected chi connectivity index (χ4v) is 3.89. The van der Waals surface area contributed by atoms with Crippen LogP contribution in [0, 0.1) is 0 Å². The van der Waals surface area contributed by atoms with Crippen molar-refractivity contribution in [3.8, 4) is 11.5 Å². The third-order valence-corrected chi connectivity index (χ3v) is 5.51. The summed E-state index contributed by atoms with van der Waals surface area (Å²) in [7, 11) is 7.34. The van der Waals surface area contributed by atoms with Gasteiger partial charge in [0.25, 0.3) is 11.1 Å². The van der Waals surface area contributed by atoms with Crippen molar-refractivity contribution >= 4 is 34.7 Å². The molecule has 0 aromatic heterocycles. The molecule has 0 spiro atoms. The number of amides is 2. The summed E-state index contributed by atoms with van der Waals surface area (Å²) in [6.45, 7) is 1.80. The van der Waals surface area contributed by atoms with Gasteiger partial charge in [-0.2, -0.15) is 0 Å². The summed E-state index contributed by atoms with van der Waals surface area (Å²) < 4.78 is 10.9. The Kier molecular flexibility index (Phi) is 5.43. The molecule has 1 atom stereocenters. The molecule has 1 aromatic carbocycles. The molecule has 140 valence electrons. The highest BCUT2D eigenvalue weighted by Crippen LogP contribution is 2.39. The lowest BCUT2D eigenvalue weighted by atomic mass is 10.1. The number of carbonyl (C=O) groups is 2. The Balaban J connectivity index is 2.03. The maximum absolute atomic E-state index is 11.9. The minimum Gasteiger partial charge on any atom is -0.493 e. The summed E-state index contributed by atoms with van der Waals surface area (Å²) >= 11 is 0.911. The zero-order valence-electron chi connectivity index (χ0n) is 15.4. The monoisotopic (exact) mass is 377 g/mol. The number of hydrogen-bond donors (Lipinski definition) is 1. The molecule has 1 unspecified atom stereocenters. The number of carbonyl (C=O) groups excluding carboxylic acids is 2. The third-order valence-electron chi connectivity index (χ3n) is 4.70. The van der Waals surface area contributed by atoms with E-state index in [2.05, 4.69) is 29.2 Å². The molecule has 2 aliphatic rings. The lowest BCUT2D eigenvalue weighted by Gasteiger charge is -2.24. The Bertz CT molecular complexity index is 763. The van der Waals surface area contributed by atoms with E-state index in [-0.39, 0.29) is 11.1 Å². The van der Waals surface area contributed by atoms with Gasteiger partial charge in [-0.3, -0.25) is 14.9 Å². The third kappa shape index (κ3) is 3.66. The predicted molar refractivity (Wildman–Crippen MR) is 103 cm³/mol. The quantitative estimate of drug-likeness (QED) is 0.789. The molecule has 1 N–H and O–H groups in total. The van der Waals surface area contributed by atoms with Gasteiger partial charge in [0.2, 0.25) is 0 Å². The first-order valence-corrected chi connectivity index (χ1v) is 9.16. The summed E-state index contributed by atoms with van der Waals surface area (Å²) in [4.78, 5) is 28.3. The number of benzene rings is 1. The molecular weight excluding hydrogens is 354 g/mol. The van der Waals surface area contributed by atoms with Crippen LogP contribution in [0.1, 0.15) is 12.0 Å². The smallest absolute Gasteiger partial charge is 0.290 e. The molecule has 8 heteroatoms. The van der Waals surface area contributed by atoms with E-state index in [1.165, 1.54) is 0 Å². The zero-order chi connectivity index (χ0) is 18.8. The van der Waals surface area contributed by atoms with Crippen LogP contribution >= 0.6 is 11.8 Å². The summed E-state index contributed by atoms with van der Waals surface area (Å²) in [5, 5.41) is 1.94. The minimum absolute atomic E-state index is 0.350. The largest absolute Gasteiger partial charge is 0.493 e. The van der Waals surface area contributed by atoms with E-state index in [1.807, 2.05) is 12.1 Å². The van der Waals surface area contributed by atoms with Gasteiger partial charge in [0.1, 0.15) is 0 Å². The molecule has 1 aromatic rings. The first-order valence-electron chi connectivity index (χ1n) is 8.35. The van der Waals surface area contributed by atoms with Crippen LogP contribution in [0.25, 0.3) is 6.08 Å². The average Bonchev–Trinajstić information content (AvgIpc) is 3.21. The van der Waals surface area contributed by atoms with Gasteiger partial charge in [0.15, 0.2) is 11.5 Å². The average molecular weight is 377 g/mol. The molecule has 2 saturated heterocycles. The van der Waals surface area contributed by atoms with Crippen LogP contribution in [0.4, 0.5) is 10.5 Å². The second-order valence-electron chi connectivity index (χ2n) is 6.47. The van der Waals surface area contributed by atoms with E-state index in [0.717, 1.165) is 42.5 Å². The Morgan fingerprint density at radius 3 is 2.46 bits per heavy atom. The van der Waals surface area contributed by atoms with Gasteiger partial charge in [-0.1, -0.05) is 0 Å². The standard InChI is InChI=1S/C18H23N3O4S/c1-20(2)12-5-6-21(10-12)13-9-15(25-4)14(24-3)7-11(13)8-16-17(22)19-18(23)26-16/h7-9,12H,5-6,10H2,1-4H3,(H,19,22,23)/b16-8-. The predicted octanol–water partition coefficient (Wildman–Crippen LogP) is 2.17. The Labute approximate surface area is 157 Å². The molecular formula is C18H23N3O4S. The highest BCUT2D eigenvalue weighted by Gasteiger charge is 2.29. The summed E-state index contributed by atoms with van der Waals surface area (Å²) in [6, 6.07) is 4.25. The molecule has 7 nitrogen and oxygen atoms in total. The Morgan fingerprint density at radius 2 is 1.92 bits per heavy atom. The van der Waals surface area contributed by atoms with E-state index in [9.17, 15) is 9.59 Å². The van der Waals surface area contributed by atoms with Crippen molar-refractivity contribution in [1.82, 2.24) is 10.2 Å². The highest BCUT2D eigenvalue weighted by molar-refractivity contribution is 8.18. The number of ether oxygens (including phenoxy) is 2. The van der Waals surface area contributed by atoms with Crippen LogP contribution < -0.4 is 19.7 Å². The van der Waals surface area contributed by atoms with Crippen LogP contribution in [-0.2, 0) is 4.79 Å². The van der Waals surface area contributed by atoms with Gasteiger partial charge in [0.05, 0.1) is 19.1 Å². The number of methoxy groups -OCH3 is 2. The van der Waals surface area contributed by atoms with Gasteiger partial charge in [0, 0.05) is 36.4 Å². The fourth-order valence-electron chi connectivity index (χ4n) is 3.22. The van der Waals surface area contributed by atoms with Gasteiger partial charge in [-0.25, -0.2) is 0 Å². The van der Waals surface area contributed by atoms with Crippen molar-refractivity contribution in [2.24, 2.45) is 0 Å². The number of nitrogens with one attached hydrogen (secondary N) is 1. The van der Waals surface area contributed by atoms with Crippen LogP contribution in [0.2, 0.25) is 0 Å². The van der Waals surface area contributed by atoms with E-state index >= 15 is 0 Å². The molecule has 0 aliphatic carbocycles. The molecule has 26 heavy (non-hydrogen) atoms. The summed E-state index contributed by atoms with van der Waals surface area (Å²) in [5.74, 6) is 0.854. The van der Waals surface area contributed by atoms with Gasteiger partial charge < -0.3 is 19.3 Å². The molecule has 2 amide bonds. The number of likely N-dealkylation sites (N-methyl/N-ethyl adjacent to an activating group) is 1. The molecule has 2 heterocycles. The van der Waals surface area contributed by atoms with Crippen molar-refractivity contribution < 1.29 is 19.1 Å². The molecule has 0 saturated carbocycles. The number of thioether (sulfide) groups is 1. The Hall–Kier alpha value is -2.19. The van der Waals surface area contributed by atoms with Crippen molar-refractivity contribution in [3.63, 3.8) is 0 Å². The molecule has 2 aliphatic heterocycles. The molecule has 2 fully saturated rings. The first-order chi connectivity index (χ1) is 12.4. The molecule has 3 rings (SSSR count). The maximum atomic E-state index is 11.9. The normalized spacial score (nSPS) is 21.7. The van der Waals surface area contributed by atoms with Crippen LogP contribution in [0.15, 0.2) is 17.0 Å². The minimum atomic E-state index is -0.367. The number of rotatable bonds is 5. The van der Waals surface area contributed by atoms with Crippen molar-refractivity contribution in [1.29, 1.82) is 0 Å². The lowest BCUT2D eigenvalue weighted by molar-refractivity contribution is -0.115. The maximum Gasteiger partial charge on any atom is 0.290 e. The SMILES string of the molecule is COc1cc(/C=C2\SC(=O)NC2=O)c(N2CCC(N(C)C)C2)cc1OC.